The van der Waals surface area contributed by atoms with E-state index in [9.17, 15) is 4.79 Å². The minimum atomic E-state index is -0.00995. The molecule has 3 unspecified atom stereocenters. The van der Waals surface area contributed by atoms with Gasteiger partial charge in [-0.2, -0.15) is 0 Å². The zero-order valence-corrected chi connectivity index (χ0v) is 10.3. The monoisotopic (exact) mass is 230 g/mol. The van der Waals surface area contributed by atoms with Crippen molar-refractivity contribution in [2.75, 3.05) is 27.3 Å². The first kappa shape index (κ1) is 13.4. The number of amides is 1. The van der Waals surface area contributed by atoms with Gasteiger partial charge in [-0.1, -0.05) is 0 Å². The molecule has 5 nitrogen and oxygen atoms in total. The molecule has 1 heterocycles. The number of hydrogen-bond donors (Lipinski definition) is 1. The lowest BCUT2D eigenvalue weighted by Crippen LogP contribution is -2.31. The van der Waals surface area contributed by atoms with Crippen molar-refractivity contribution in [3.8, 4) is 0 Å². The Kier molecular flexibility index (Phi) is 5.18. The van der Waals surface area contributed by atoms with Crippen molar-refractivity contribution in [2.45, 2.75) is 38.0 Å². The molecule has 16 heavy (non-hydrogen) atoms. The molecule has 0 aromatic heterocycles. The normalized spacial score (nSPS) is 27.1. The van der Waals surface area contributed by atoms with E-state index in [4.69, 9.17) is 15.2 Å². The summed E-state index contributed by atoms with van der Waals surface area (Å²) in [5, 5.41) is 0. The highest BCUT2D eigenvalue weighted by molar-refractivity contribution is 5.76. The van der Waals surface area contributed by atoms with E-state index in [-0.39, 0.29) is 24.2 Å². The van der Waals surface area contributed by atoms with Crippen molar-refractivity contribution < 1.29 is 14.3 Å². The van der Waals surface area contributed by atoms with Crippen LogP contribution in [0.2, 0.25) is 0 Å². The molecule has 1 aliphatic rings. The largest absolute Gasteiger partial charge is 0.377 e. The minimum Gasteiger partial charge on any atom is -0.377 e. The first-order valence-electron chi connectivity index (χ1n) is 5.67. The molecule has 0 saturated carbocycles. The van der Waals surface area contributed by atoms with Gasteiger partial charge in [0.1, 0.15) is 12.2 Å². The van der Waals surface area contributed by atoms with Crippen LogP contribution in [0.3, 0.4) is 0 Å². The van der Waals surface area contributed by atoms with Crippen LogP contribution in [-0.2, 0) is 14.3 Å². The van der Waals surface area contributed by atoms with E-state index in [1.165, 1.54) is 0 Å². The van der Waals surface area contributed by atoms with Crippen LogP contribution in [0, 0.1) is 0 Å². The van der Waals surface area contributed by atoms with E-state index in [1.807, 2.05) is 6.92 Å². The molecule has 1 amide bonds. The van der Waals surface area contributed by atoms with E-state index in [1.54, 1.807) is 19.1 Å². The van der Waals surface area contributed by atoms with Gasteiger partial charge in [0.25, 0.3) is 0 Å². The highest BCUT2D eigenvalue weighted by Crippen LogP contribution is 2.17. The van der Waals surface area contributed by atoms with Crippen molar-refractivity contribution >= 4 is 5.91 Å². The molecule has 0 aromatic rings. The van der Waals surface area contributed by atoms with Crippen LogP contribution in [0.25, 0.3) is 0 Å². The molecular weight excluding hydrogens is 208 g/mol. The molecule has 0 bridgehead atoms. The smallest absolute Gasteiger partial charge is 0.222 e. The Morgan fingerprint density at radius 1 is 1.38 bits per heavy atom. The summed E-state index contributed by atoms with van der Waals surface area (Å²) >= 11 is 0. The summed E-state index contributed by atoms with van der Waals surface area (Å²) in [6, 6.07) is 0.0722. The van der Waals surface area contributed by atoms with E-state index < -0.39 is 0 Å². The van der Waals surface area contributed by atoms with Gasteiger partial charge in [0.15, 0.2) is 0 Å². The second kappa shape index (κ2) is 6.18. The van der Waals surface area contributed by atoms with Gasteiger partial charge in [0, 0.05) is 39.8 Å². The standard InChI is InChI=1S/C11H22N2O3/c1-8(12)4-5-11(14)13-6-9(15-2)10(7-13)16-3/h8-10H,4-7,12H2,1-3H3. The highest BCUT2D eigenvalue weighted by atomic mass is 16.5. The molecule has 0 radical (unpaired) electrons. The Hall–Kier alpha value is -0.650. The number of methoxy groups -OCH3 is 2. The molecule has 1 aliphatic heterocycles. The molecule has 94 valence electrons. The van der Waals surface area contributed by atoms with Gasteiger partial charge in [-0.25, -0.2) is 0 Å². The van der Waals surface area contributed by atoms with Crippen molar-refractivity contribution in [3.63, 3.8) is 0 Å². The SMILES string of the molecule is COC1CN(C(=O)CCC(C)N)CC1OC. The van der Waals surface area contributed by atoms with Crippen molar-refractivity contribution in [1.82, 2.24) is 4.90 Å². The second-order valence-corrected chi connectivity index (χ2v) is 4.36. The Labute approximate surface area is 96.9 Å². The van der Waals surface area contributed by atoms with Crippen LogP contribution in [0.5, 0.6) is 0 Å². The van der Waals surface area contributed by atoms with Gasteiger partial charge in [-0.05, 0) is 13.3 Å². The van der Waals surface area contributed by atoms with Crippen molar-refractivity contribution in [1.29, 1.82) is 0 Å². The molecule has 0 spiro atoms. The van der Waals surface area contributed by atoms with E-state index in [0.717, 1.165) is 6.42 Å². The number of rotatable bonds is 5. The fourth-order valence-electron chi connectivity index (χ4n) is 1.91. The fourth-order valence-corrected chi connectivity index (χ4v) is 1.91. The lowest BCUT2D eigenvalue weighted by molar-refractivity contribution is -0.130. The summed E-state index contributed by atoms with van der Waals surface area (Å²) in [6.07, 6.45) is 1.21. The number of ether oxygens (including phenoxy) is 2. The zero-order chi connectivity index (χ0) is 12.1. The summed E-state index contributed by atoms with van der Waals surface area (Å²) in [4.78, 5) is 13.6. The fraction of sp³-hybridized carbons (Fsp3) is 0.909. The average Bonchev–Trinajstić information content (AvgIpc) is 2.68. The molecule has 5 heteroatoms. The molecule has 0 aromatic carbocycles. The van der Waals surface area contributed by atoms with Crippen molar-refractivity contribution in [3.05, 3.63) is 0 Å². The summed E-state index contributed by atoms with van der Waals surface area (Å²) in [5.41, 5.74) is 5.63. The quantitative estimate of drug-likeness (QED) is 0.721. The molecule has 1 fully saturated rings. The Bertz CT molecular complexity index is 221. The zero-order valence-electron chi connectivity index (χ0n) is 10.3. The molecule has 1 saturated heterocycles. The van der Waals surface area contributed by atoms with Crippen LogP contribution in [0.15, 0.2) is 0 Å². The number of likely N-dealkylation sites (tertiary alicyclic amines) is 1. The van der Waals surface area contributed by atoms with Gasteiger partial charge in [0.2, 0.25) is 5.91 Å². The van der Waals surface area contributed by atoms with Gasteiger partial charge < -0.3 is 20.1 Å². The van der Waals surface area contributed by atoms with Gasteiger partial charge in [-0.15, -0.1) is 0 Å². The van der Waals surface area contributed by atoms with Crippen LogP contribution in [0.1, 0.15) is 19.8 Å². The van der Waals surface area contributed by atoms with Crippen LogP contribution in [-0.4, -0.2) is 56.4 Å². The van der Waals surface area contributed by atoms with E-state index in [2.05, 4.69) is 0 Å². The maximum Gasteiger partial charge on any atom is 0.222 e. The maximum absolute atomic E-state index is 11.8. The van der Waals surface area contributed by atoms with Crippen molar-refractivity contribution in [2.24, 2.45) is 5.73 Å². The van der Waals surface area contributed by atoms with Crippen LogP contribution >= 0.6 is 0 Å². The Balaban J connectivity index is 2.41. The predicted octanol–water partition coefficient (Wildman–Crippen LogP) is -0.0140. The molecule has 1 rings (SSSR count). The summed E-state index contributed by atoms with van der Waals surface area (Å²) in [6.45, 7) is 3.15. The Morgan fingerprint density at radius 2 is 1.88 bits per heavy atom. The first-order valence-corrected chi connectivity index (χ1v) is 5.67. The highest BCUT2D eigenvalue weighted by Gasteiger charge is 2.35. The van der Waals surface area contributed by atoms with Crippen LogP contribution < -0.4 is 5.73 Å². The van der Waals surface area contributed by atoms with Gasteiger partial charge in [-0.3, -0.25) is 4.79 Å². The minimum absolute atomic E-state index is 0.00995. The third-order valence-corrected chi connectivity index (χ3v) is 2.99. The molecule has 3 atom stereocenters. The maximum atomic E-state index is 11.8. The summed E-state index contributed by atoms with van der Waals surface area (Å²) in [5.74, 6) is 0.138. The average molecular weight is 230 g/mol. The molecular formula is C11H22N2O3. The second-order valence-electron chi connectivity index (χ2n) is 4.36. The Morgan fingerprint density at radius 3 is 2.25 bits per heavy atom. The van der Waals surface area contributed by atoms with Crippen LogP contribution in [0.4, 0.5) is 0 Å². The topological polar surface area (TPSA) is 64.8 Å². The number of hydrogen-bond acceptors (Lipinski definition) is 4. The predicted molar refractivity (Wildman–Crippen MR) is 61.1 cm³/mol. The lowest BCUT2D eigenvalue weighted by atomic mass is 10.2. The summed E-state index contributed by atoms with van der Waals surface area (Å²) in [7, 11) is 3.29. The number of carbonyl (C=O) groups excluding carboxylic acids is 1. The molecule has 2 N–H and O–H groups in total. The third kappa shape index (κ3) is 3.43. The van der Waals surface area contributed by atoms with Gasteiger partial charge in [0.05, 0.1) is 0 Å². The number of carbonyl (C=O) groups is 1. The lowest BCUT2D eigenvalue weighted by Gasteiger charge is -2.16. The van der Waals surface area contributed by atoms with E-state index >= 15 is 0 Å². The first-order chi connectivity index (χ1) is 7.58. The van der Waals surface area contributed by atoms with Gasteiger partial charge >= 0.3 is 0 Å². The van der Waals surface area contributed by atoms with E-state index in [0.29, 0.717) is 19.5 Å². The number of nitrogens with two attached hydrogens (primary N) is 1. The number of nitrogens with zero attached hydrogens (tertiary/aromatic N) is 1. The third-order valence-electron chi connectivity index (χ3n) is 2.99. The molecule has 0 aliphatic carbocycles. The summed E-state index contributed by atoms with van der Waals surface area (Å²) < 4.78 is 10.6.